The molecule has 1 aromatic heterocycles. The quantitative estimate of drug-likeness (QED) is 0.220. The summed E-state index contributed by atoms with van der Waals surface area (Å²) in [5.74, 6) is -1.39. The van der Waals surface area contributed by atoms with Crippen LogP contribution in [-0.4, -0.2) is 30.1 Å². The van der Waals surface area contributed by atoms with Crippen molar-refractivity contribution in [2.45, 2.75) is 82.5 Å². The van der Waals surface area contributed by atoms with Crippen molar-refractivity contribution < 1.29 is 36.2 Å². The molecule has 7 nitrogen and oxygen atoms in total. The first-order valence-corrected chi connectivity index (χ1v) is 15.9. The fourth-order valence-electron chi connectivity index (χ4n) is 5.79. The van der Waals surface area contributed by atoms with Crippen molar-refractivity contribution in [3.05, 3.63) is 101 Å². The molecule has 0 saturated heterocycles. The van der Waals surface area contributed by atoms with Crippen molar-refractivity contribution in [2.24, 2.45) is 5.41 Å². The molecule has 1 unspecified atom stereocenters. The van der Waals surface area contributed by atoms with Crippen LogP contribution >= 0.6 is 0 Å². The molecule has 0 fully saturated rings. The van der Waals surface area contributed by atoms with Gasteiger partial charge in [0, 0.05) is 24.2 Å². The molecule has 3 aromatic rings. The third-order valence-corrected chi connectivity index (χ3v) is 8.99. The fraction of sp³-hybridized carbons (Fsp3) is 0.394. The van der Waals surface area contributed by atoms with Crippen molar-refractivity contribution in [1.82, 2.24) is 4.98 Å². The Hall–Kier alpha value is -3.86. The van der Waals surface area contributed by atoms with Gasteiger partial charge in [-0.1, -0.05) is 76.6 Å². The highest BCUT2D eigenvalue weighted by molar-refractivity contribution is 7.92. The number of carbonyl (C=O) groups excluding carboxylic acids is 1. The molecule has 0 spiro atoms. The summed E-state index contributed by atoms with van der Waals surface area (Å²) < 4.78 is 74.0. The number of cyclic esters (lactones) is 1. The molecule has 2 N–H and O–H groups in total. The largest absolute Gasteiger partial charge is 0.512 e. The number of aliphatic hydroxyl groups is 1. The normalized spacial score (nSPS) is 18.6. The predicted molar refractivity (Wildman–Crippen MR) is 161 cm³/mol. The molecule has 0 amide bonds. The SMILES string of the molecule is CCC[C@@]1(CCc2ccccc2)CC(O)=C(C(c2cccc(NS(=O)(=O)c3cc(C(F)(F)F)ccn3)c2)C(C)(C)C)C(=O)O1. The van der Waals surface area contributed by atoms with Crippen molar-refractivity contribution in [2.75, 3.05) is 4.72 Å². The second kappa shape index (κ2) is 12.6. The lowest BCUT2D eigenvalue weighted by Gasteiger charge is -2.41. The van der Waals surface area contributed by atoms with E-state index in [4.69, 9.17) is 4.74 Å². The van der Waals surface area contributed by atoms with Crippen molar-refractivity contribution >= 4 is 21.7 Å². The van der Waals surface area contributed by atoms with E-state index >= 15 is 0 Å². The number of halogens is 3. The first-order chi connectivity index (χ1) is 20.5. The second-order valence-electron chi connectivity index (χ2n) is 12.3. The van der Waals surface area contributed by atoms with E-state index < -0.39 is 49.7 Å². The van der Waals surface area contributed by atoms with E-state index in [1.165, 1.54) is 12.1 Å². The lowest BCUT2D eigenvalue weighted by atomic mass is 9.70. The van der Waals surface area contributed by atoms with Crippen molar-refractivity contribution in [3.63, 3.8) is 0 Å². The van der Waals surface area contributed by atoms with E-state index in [0.717, 1.165) is 18.2 Å². The standard InChI is InChI=1S/C33H37F3N2O5S/c1-5-16-32(17-14-22-10-7-6-8-11-22)21-26(39)28(30(40)43-32)29(31(2,3)4)23-12-9-13-25(19-23)38-44(41,42)27-20-24(15-18-37-27)33(34,35)36/h6-13,15,18-20,29,38-39H,5,14,16-17,21H2,1-4H3/t29?,32-/m1/s1. The number of carbonyl (C=O) groups is 1. The number of nitrogens with zero attached hydrogens (tertiary/aromatic N) is 1. The van der Waals surface area contributed by atoms with Gasteiger partial charge >= 0.3 is 12.1 Å². The third kappa shape index (κ3) is 7.61. The van der Waals surface area contributed by atoms with E-state index in [9.17, 15) is 31.5 Å². The van der Waals surface area contributed by atoms with E-state index in [0.29, 0.717) is 37.0 Å². The van der Waals surface area contributed by atoms with Crippen LogP contribution in [0.25, 0.3) is 0 Å². The zero-order chi connectivity index (χ0) is 32.3. The first kappa shape index (κ1) is 33.0. The van der Waals surface area contributed by atoms with E-state index in [-0.39, 0.29) is 23.4 Å². The maximum Gasteiger partial charge on any atom is 0.416 e. The van der Waals surface area contributed by atoms with Crippen molar-refractivity contribution in [1.29, 1.82) is 0 Å². The topological polar surface area (TPSA) is 106 Å². The summed E-state index contributed by atoms with van der Waals surface area (Å²) in [6.07, 6.45) is -1.29. The molecule has 11 heteroatoms. The zero-order valence-corrected chi connectivity index (χ0v) is 25.9. The van der Waals surface area contributed by atoms with Crippen LogP contribution in [0.1, 0.15) is 76.0 Å². The smallest absolute Gasteiger partial charge is 0.416 e. The van der Waals surface area contributed by atoms with Gasteiger partial charge in [-0.15, -0.1) is 0 Å². The summed E-state index contributed by atoms with van der Waals surface area (Å²) >= 11 is 0. The Morgan fingerprint density at radius 2 is 1.73 bits per heavy atom. The number of aliphatic hydroxyl groups excluding tert-OH is 1. The fourth-order valence-corrected chi connectivity index (χ4v) is 6.81. The molecular formula is C33H37F3N2O5S. The molecule has 1 aliphatic rings. The van der Waals surface area contributed by atoms with Crippen LogP contribution in [0.3, 0.4) is 0 Å². The van der Waals surface area contributed by atoms with Crippen LogP contribution in [-0.2, 0) is 32.2 Å². The van der Waals surface area contributed by atoms with Crippen LogP contribution in [0.4, 0.5) is 18.9 Å². The lowest BCUT2D eigenvalue weighted by molar-refractivity contribution is -0.161. The maximum absolute atomic E-state index is 13.7. The van der Waals surface area contributed by atoms with Gasteiger partial charge in [-0.2, -0.15) is 21.6 Å². The van der Waals surface area contributed by atoms with Crippen molar-refractivity contribution in [3.8, 4) is 0 Å². The Labute approximate surface area is 256 Å². The maximum atomic E-state index is 13.7. The Bertz CT molecular complexity index is 1630. The summed E-state index contributed by atoms with van der Waals surface area (Å²) in [5.41, 5.74) is -0.868. The molecule has 4 rings (SSSR count). The first-order valence-electron chi connectivity index (χ1n) is 14.4. The van der Waals surface area contributed by atoms with Crippen LogP contribution in [0, 0.1) is 5.41 Å². The summed E-state index contributed by atoms with van der Waals surface area (Å²) in [5, 5.41) is 10.7. The highest BCUT2D eigenvalue weighted by atomic mass is 32.2. The van der Waals surface area contributed by atoms with Crippen LogP contribution < -0.4 is 4.72 Å². The number of pyridine rings is 1. The van der Waals surface area contributed by atoms with E-state index in [1.807, 2.05) is 58.0 Å². The van der Waals surface area contributed by atoms with Crippen LogP contribution in [0.2, 0.25) is 0 Å². The average molecular weight is 631 g/mol. The van der Waals surface area contributed by atoms with Gasteiger partial charge < -0.3 is 9.84 Å². The van der Waals surface area contributed by atoms with E-state index in [2.05, 4.69) is 9.71 Å². The monoisotopic (exact) mass is 630 g/mol. The number of benzene rings is 2. The lowest BCUT2D eigenvalue weighted by Crippen LogP contribution is -2.43. The van der Waals surface area contributed by atoms with Gasteiger partial charge in [-0.05, 0) is 60.1 Å². The van der Waals surface area contributed by atoms with Gasteiger partial charge in [0.2, 0.25) is 0 Å². The van der Waals surface area contributed by atoms with Gasteiger partial charge in [-0.25, -0.2) is 9.78 Å². The number of aryl methyl sites for hydroxylation is 1. The zero-order valence-electron chi connectivity index (χ0n) is 25.1. The van der Waals surface area contributed by atoms with Gasteiger partial charge in [0.25, 0.3) is 10.0 Å². The summed E-state index contributed by atoms with van der Waals surface area (Å²) in [6, 6.07) is 17.2. The highest BCUT2D eigenvalue weighted by Crippen LogP contribution is 2.47. The van der Waals surface area contributed by atoms with Gasteiger partial charge in [0.1, 0.15) is 11.4 Å². The van der Waals surface area contributed by atoms with Crippen LogP contribution in [0.5, 0.6) is 0 Å². The minimum absolute atomic E-state index is 0.0587. The molecule has 2 aromatic carbocycles. The highest BCUT2D eigenvalue weighted by Gasteiger charge is 2.46. The average Bonchev–Trinajstić information content (AvgIpc) is 2.93. The van der Waals surface area contributed by atoms with Gasteiger partial charge in [-0.3, -0.25) is 4.72 Å². The summed E-state index contributed by atoms with van der Waals surface area (Å²) in [4.78, 5) is 17.3. The Morgan fingerprint density at radius 3 is 2.34 bits per heavy atom. The predicted octanol–water partition coefficient (Wildman–Crippen LogP) is 7.96. The number of hydrogen-bond donors (Lipinski definition) is 2. The molecule has 44 heavy (non-hydrogen) atoms. The molecule has 0 radical (unpaired) electrons. The Kier molecular flexibility index (Phi) is 9.48. The number of ether oxygens (including phenoxy) is 1. The summed E-state index contributed by atoms with van der Waals surface area (Å²) in [6.45, 7) is 7.65. The number of hydrogen-bond acceptors (Lipinski definition) is 6. The molecule has 0 aliphatic carbocycles. The molecule has 0 saturated carbocycles. The molecular weight excluding hydrogens is 593 g/mol. The number of alkyl halides is 3. The molecule has 236 valence electrons. The molecule has 2 heterocycles. The van der Waals surface area contributed by atoms with Gasteiger partial charge in [0.15, 0.2) is 5.03 Å². The Balaban J connectivity index is 1.66. The number of nitrogens with one attached hydrogen (secondary N) is 1. The minimum atomic E-state index is -4.74. The number of aromatic nitrogens is 1. The second-order valence-corrected chi connectivity index (χ2v) is 13.9. The third-order valence-electron chi connectivity index (χ3n) is 7.71. The number of anilines is 1. The van der Waals surface area contributed by atoms with Gasteiger partial charge in [0.05, 0.1) is 11.1 Å². The Morgan fingerprint density at radius 1 is 1.02 bits per heavy atom. The minimum Gasteiger partial charge on any atom is -0.512 e. The molecule has 2 atom stereocenters. The molecule has 0 bridgehead atoms. The number of esters is 1. The van der Waals surface area contributed by atoms with E-state index in [1.54, 1.807) is 12.1 Å². The summed E-state index contributed by atoms with van der Waals surface area (Å²) in [7, 11) is -4.49. The molecule has 1 aliphatic heterocycles. The van der Waals surface area contributed by atoms with Crippen LogP contribution in [0.15, 0.2) is 89.3 Å². The number of rotatable bonds is 10. The number of sulfonamides is 1.